The molecule has 0 spiro atoms. The van der Waals surface area contributed by atoms with Gasteiger partial charge in [0.25, 0.3) is 0 Å². The van der Waals surface area contributed by atoms with Crippen molar-refractivity contribution in [1.82, 2.24) is 5.32 Å². The Bertz CT molecular complexity index is 912. The number of nitrogens with one attached hydrogen (secondary N) is 1. The second-order valence-corrected chi connectivity index (χ2v) is 9.04. The van der Waals surface area contributed by atoms with Crippen LogP contribution in [0.5, 0.6) is 0 Å². The van der Waals surface area contributed by atoms with E-state index in [-0.39, 0.29) is 6.61 Å². The van der Waals surface area contributed by atoms with E-state index in [1.807, 2.05) is 45.2 Å². The molecule has 0 heterocycles. The van der Waals surface area contributed by atoms with E-state index < -0.39 is 18.0 Å². The first kappa shape index (κ1) is 53.6. The number of halogens is 4. The summed E-state index contributed by atoms with van der Waals surface area (Å²) in [7, 11) is 0. The predicted molar refractivity (Wildman–Crippen MR) is 197 cm³/mol. The maximum Gasteiger partial charge on any atom is 0.416 e. The number of nitrogens with zero attached hydrogens (tertiary/aromatic N) is 2. The Balaban J connectivity index is -0.000000256. The molecule has 0 bridgehead atoms. The highest BCUT2D eigenvalue weighted by Gasteiger charge is 2.30. The van der Waals surface area contributed by atoms with Crippen molar-refractivity contribution in [3.8, 4) is 0 Å². The van der Waals surface area contributed by atoms with Gasteiger partial charge in [0.1, 0.15) is 6.79 Å². The van der Waals surface area contributed by atoms with E-state index in [0.29, 0.717) is 25.2 Å². The van der Waals surface area contributed by atoms with Crippen molar-refractivity contribution >= 4 is 30.8 Å². The van der Waals surface area contributed by atoms with Crippen LogP contribution in [0.4, 0.5) is 13.2 Å². The fraction of sp³-hybridized carbons (Fsp3) is 0.528. The smallest absolute Gasteiger partial charge is 0.397 e. The standard InChI is InChI=1S/C22H34ClN3O2.C9H13F3.C2H6O.C2H6.CH2O/c1-3-20(10-8-14-23)18-26-16-9-11-21(19-24-4-2)13-17-25-15-7-5-6-12-22(27)28;1-3-5-7-8(6-4-2)9(10,11)12;1-2-3;2*1-2/h3,8-10,13-18,21-22,24,27-28H,1,4-7,11-12,19H2,2H3;5-7H,3-4H2,1-2H3;3H,2H2,1H3;1-2H3;1H2/b14-8+,16-9+,17-13+,20-10+,25-15?,26-18+;7-5-,8-6+;;;. The predicted octanol–water partition coefficient (Wildman–Crippen LogP) is 9.20. The summed E-state index contributed by atoms with van der Waals surface area (Å²) in [6.07, 6.45) is 19.8. The summed E-state index contributed by atoms with van der Waals surface area (Å²) in [5, 5.41) is 28.5. The molecule has 0 aromatic carbocycles. The highest BCUT2D eigenvalue weighted by molar-refractivity contribution is 6.25. The topological polar surface area (TPSA) is 115 Å². The summed E-state index contributed by atoms with van der Waals surface area (Å²) in [6, 6.07) is 0. The molecule has 47 heavy (non-hydrogen) atoms. The Hall–Kier alpha value is -2.89. The molecular formula is C36H61ClF3N3O4. The minimum atomic E-state index is -4.21. The fourth-order valence-corrected chi connectivity index (χ4v) is 2.98. The molecule has 0 rings (SSSR count). The van der Waals surface area contributed by atoms with Gasteiger partial charge in [-0.05, 0) is 69.9 Å². The monoisotopic (exact) mass is 691 g/mol. The van der Waals surface area contributed by atoms with Crippen molar-refractivity contribution in [2.24, 2.45) is 15.9 Å². The average molecular weight is 692 g/mol. The van der Waals surface area contributed by atoms with Crippen LogP contribution in [0.3, 0.4) is 0 Å². The first-order chi connectivity index (χ1) is 22.6. The first-order valence-corrected chi connectivity index (χ1v) is 16.4. The number of aliphatic hydroxyl groups is 3. The van der Waals surface area contributed by atoms with Crippen molar-refractivity contribution in [3.63, 3.8) is 0 Å². The largest absolute Gasteiger partial charge is 0.416 e. The molecule has 272 valence electrons. The number of carbonyl (C=O) groups excluding carboxylic acids is 1. The number of alkyl halides is 3. The summed E-state index contributed by atoms with van der Waals surface area (Å²) in [4.78, 5) is 16.6. The van der Waals surface area contributed by atoms with Crippen molar-refractivity contribution in [2.75, 3.05) is 19.7 Å². The molecular weight excluding hydrogens is 631 g/mol. The zero-order valence-electron chi connectivity index (χ0n) is 29.3. The van der Waals surface area contributed by atoms with Gasteiger partial charge >= 0.3 is 6.18 Å². The normalized spacial score (nSPS) is 13.0. The van der Waals surface area contributed by atoms with E-state index in [1.54, 1.807) is 45.3 Å². The highest BCUT2D eigenvalue weighted by atomic mass is 35.5. The zero-order chi connectivity index (χ0) is 37.2. The Morgan fingerprint density at radius 1 is 1.00 bits per heavy atom. The number of hydrogen-bond donors (Lipinski definition) is 4. The van der Waals surface area contributed by atoms with Crippen molar-refractivity contribution in [1.29, 1.82) is 0 Å². The van der Waals surface area contributed by atoms with Gasteiger partial charge in [0.15, 0.2) is 6.29 Å². The minimum Gasteiger partial charge on any atom is -0.397 e. The molecule has 0 aromatic rings. The van der Waals surface area contributed by atoms with Crippen LogP contribution in [0, 0.1) is 5.92 Å². The van der Waals surface area contributed by atoms with E-state index in [4.69, 9.17) is 31.7 Å². The summed E-state index contributed by atoms with van der Waals surface area (Å²) in [5.74, 6) is 0.335. The molecule has 0 amide bonds. The molecule has 0 aliphatic heterocycles. The maximum absolute atomic E-state index is 12.1. The lowest BCUT2D eigenvalue weighted by Gasteiger charge is -2.09. The summed E-state index contributed by atoms with van der Waals surface area (Å²) >= 11 is 5.50. The SMILES string of the molecule is C=CC(/C=N/C=C/CC(/C=C/N=CCCCCC(O)O)CNCC)=C\C=C\Cl.C=O.CC.CC/C=C\C(=C/CC)C(F)(F)F.CCO. The van der Waals surface area contributed by atoms with E-state index in [0.717, 1.165) is 50.4 Å². The van der Waals surface area contributed by atoms with E-state index in [2.05, 4.69) is 34.9 Å². The molecule has 0 saturated carbocycles. The second kappa shape index (κ2) is 45.2. The Morgan fingerprint density at radius 3 is 2.13 bits per heavy atom. The number of unbranched alkanes of at least 4 members (excludes halogenated alkanes) is 2. The number of rotatable bonds is 19. The summed E-state index contributed by atoms with van der Waals surface area (Å²) in [6.45, 7) is 19.0. The number of aliphatic hydroxyl groups excluding tert-OH is 2. The molecule has 0 radical (unpaired) electrons. The van der Waals surface area contributed by atoms with E-state index in [9.17, 15) is 13.2 Å². The Morgan fingerprint density at radius 2 is 1.64 bits per heavy atom. The molecule has 0 aliphatic carbocycles. The molecule has 1 unspecified atom stereocenters. The van der Waals surface area contributed by atoms with Crippen LogP contribution in [0.15, 0.2) is 94.3 Å². The Labute approximate surface area is 287 Å². The van der Waals surface area contributed by atoms with Gasteiger partial charge in [-0.15, -0.1) is 0 Å². The Kier molecular flexibility index (Phi) is 51.6. The van der Waals surface area contributed by atoms with Gasteiger partial charge in [0, 0.05) is 43.5 Å². The molecule has 4 N–H and O–H groups in total. The van der Waals surface area contributed by atoms with Gasteiger partial charge in [-0.1, -0.05) is 101 Å². The third kappa shape index (κ3) is 47.6. The van der Waals surface area contributed by atoms with Gasteiger partial charge in [0.05, 0.1) is 5.57 Å². The minimum absolute atomic E-state index is 0.250. The molecule has 0 saturated heterocycles. The third-order valence-corrected chi connectivity index (χ3v) is 5.13. The van der Waals surface area contributed by atoms with Crippen molar-refractivity contribution < 1.29 is 33.3 Å². The molecule has 7 nitrogen and oxygen atoms in total. The van der Waals surface area contributed by atoms with Crippen LogP contribution >= 0.6 is 11.6 Å². The van der Waals surface area contributed by atoms with Gasteiger partial charge in [-0.3, -0.25) is 9.98 Å². The average Bonchev–Trinajstić information content (AvgIpc) is 3.05. The number of hydrogen-bond acceptors (Lipinski definition) is 7. The maximum atomic E-state index is 12.1. The lowest BCUT2D eigenvalue weighted by molar-refractivity contribution is -0.0980. The summed E-state index contributed by atoms with van der Waals surface area (Å²) in [5.41, 5.74) is 1.77. The van der Waals surface area contributed by atoms with Gasteiger partial charge in [-0.2, -0.15) is 13.2 Å². The lowest BCUT2D eigenvalue weighted by atomic mass is 10.1. The quantitative estimate of drug-likeness (QED) is 0.0467. The summed E-state index contributed by atoms with van der Waals surface area (Å²) < 4.78 is 36.3. The van der Waals surface area contributed by atoms with Crippen molar-refractivity contribution in [3.05, 3.63) is 84.3 Å². The van der Waals surface area contributed by atoms with Crippen LogP contribution in [-0.4, -0.2) is 66.7 Å². The molecule has 0 aliphatic rings. The molecule has 0 fully saturated rings. The molecule has 0 aromatic heterocycles. The third-order valence-electron chi connectivity index (χ3n) is 4.99. The molecule has 11 heteroatoms. The second-order valence-electron chi connectivity index (χ2n) is 8.79. The van der Waals surface area contributed by atoms with Crippen LogP contribution in [0.1, 0.15) is 86.5 Å². The van der Waals surface area contributed by atoms with Crippen LogP contribution in [0.25, 0.3) is 0 Å². The number of aliphatic imine (C=N–C) groups is 2. The molecule has 1 atom stereocenters. The van der Waals surface area contributed by atoms with E-state index in [1.165, 1.54) is 17.7 Å². The van der Waals surface area contributed by atoms with Crippen LogP contribution in [0.2, 0.25) is 0 Å². The van der Waals surface area contributed by atoms with Crippen LogP contribution in [-0.2, 0) is 4.79 Å². The number of carbonyl (C=O) groups is 1. The van der Waals surface area contributed by atoms with E-state index >= 15 is 0 Å². The highest BCUT2D eigenvalue weighted by Crippen LogP contribution is 2.26. The fourth-order valence-electron chi connectivity index (χ4n) is 2.91. The van der Waals surface area contributed by atoms with Gasteiger partial charge < -0.3 is 25.4 Å². The lowest BCUT2D eigenvalue weighted by Crippen LogP contribution is -2.20. The van der Waals surface area contributed by atoms with Crippen molar-refractivity contribution in [2.45, 2.75) is 99.0 Å². The van der Waals surface area contributed by atoms with Crippen LogP contribution < -0.4 is 5.32 Å². The van der Waals surface area contributed by atoms with Gasteiger partial charge in [0.2, 0.25) is 0 Å². The first-order valence-electron chi connectivity index (χ1n) is 15.9. The van der Waals surface area contributed by atoms with Gasteiger partial charge in [-0.25, -0.2) is 0 Å². The zero-order valence-corrected chi connectivity index (χ0v) is 30.1. The number of allylic oxidation sites excluding steroid dienone is 9.